The van der Waals surface area contributed by atoms with Crippen LogP contribution < -0.4 is 81.4 Å². The maximum Gasteiger partial charge on any atom is 0.326 e. The third-order valence-corrected chi connectivity index (χ3v) is 17.3. The van der Waals surface area contributed by atoms with Crippen LogP contribution in [-0.4, -0.2) is 213 Å². The molecule has 1 saturated heterocycles. The van der Waals surface area contributed by atoms with Crippen LogP contribution in [0.1, 0.15) is 117 Å². The van der Waals surface area contributed by atoms with Gasteiger partial charge in [-0.15, -0.1) is 0 Å². The van der Waals surface area contributed by atoms with E-state index in [-0.39, 0.29) is 70.4 Å². The number of amides is 11. The van der Waals surface area contributed by atoms with Gasteiger partial charge in [0.1, 0.15) is 66.7 Å². The van der Waals surface area contributed by atoms with Crippen LogP contribution >= 0.6 is 0 Å². The van der Waals surface area contributed by atoms with Crippen LogP contribution in [0.25, 0.3) is 21.8 Å². The van der Waals surface area contributed by atoms with Crippen molar-refractivity contribution in [2.24, 2.45) is 23.3 Å². The number of likely N-dealkylation sites (tertiary alicyclic amines) is 1. The molecule has 4 aromatic rings. The van der Waals surface area contributed by atoms with Crippen LogP contribution in [-0.2, 0) is 75.2 Å². The van der Waals surface area contributed by atoms with Gasteiger partial charge in [-0.3, -0.25) is 62.9 Å². The molecule has 1 aliphatic heterocycles. The second-order valence-corrected chi connectivity index (χ2v) is 25.7. The van der Waals surface area contributed by atoms with Crippen molar-refractivity contribution in [3.05, 3.63) is 72.1 Å². The van der Waals surface area contributed by atoms with E-state index < -0.39 is 175 Å². The minimum Gasteiger partial charge on any atom is -0.481 e. The average Bonchev–Trinajstić information content (AvgIpc) is 1.66. The zero-order chi connectivity index (χ0) is 73.9. The molecule has 34 heteroatoms. The number of carbonyl (C=O) groups excluding carboxylic acids is 11. The molecule has 0 saturated carbocycles. The maximum absolute atomic E-state index is 14.4. The van der Waals surface area contributed by atoms with Gasteiger partial charge in [-0.05, 0) is 107 Å². The van der Waals surface area contributed by atoms with E-state index in [1.165, 1.54) is 13.8 Å². The van der Waals surface area contributed by atoms with E-state index in [4.69, 9.17) is 11.5 Å². The summed E-state index contributed by atoms with van der Waals surface area (Å²) in [6.07, 6.45) is 3.56. The third-order valence-electron chi connectivity index (χ3n) is 17.3. The van der Waals surface area contributed by atoms with Gasteiger partial charge in [0.25, 0.3) is 5.91 Å². The van der Waals surface area contributed by atoms with Crippen molar-refractivity contribution >= 4 is 98.7 Å². The number of benzene rings is 2. The first-order chi connectivity index (χ1) is 47.5. The number of nitrogens with two attached hydrogens (primary N) is 2. The summed E-state index contributed by atoms with van der Waals surface area (Å²) in [5, 5.41) is 59.8. The number of carbonyl (C=O) groups is 13. The zero-order valence-electron chi connectivity index (χ0n) is 57.5. The second-order valence-electron chi connectivity index (χ2n) is 25.7. The number of nitrogens with one attached hydrogen (secondary N) is 13. The lowest BCUT2D eigenvalue weighted by Crippen LogP contribution is -2.69. The highest BCUT2D eigenvalue weighted by Crippen LogP contribution is 2.23. The summed E-state index contributed by atoms with van der Waals surface area (Å²) in [4.78, 5) is 184. The van der Waals surface area contributed by atoms with Crippen LogP contribution in [0.15, 0.2) is 60.9 Å². The van der Waals surface area contributed by atoms with E-state index in [1.807, 2.05) is 24.3 Å². The minimum absolute atomic E-state index is 0.0323. The number of aliphatic hydroxyl groups excluding tert-OH is 1. The number of aromatic amines is 2. The first kappa shape index (κ1) is 81.1. The molecule has 0 spiro atoms. The first-order valence-electron chi connectivity index (χ1n) is 33.8. The average molecular weight is 1400 g/mol. The van der Waals surface area contributed by atoms with Crippen LogP contribution in [0.3, 0.4) is 0 Å². The molecule has 12 atom stereocenters. The van der Waals surface area contributed by atoms with E-state index in [1.54, 1.807) is 64.4 Å². The molecule has 2 aromatic carbocycles. The molecule has 1 fully saturated rings. The van der Waals surface area contributed by atoms with Gasteiger partial charge >= 0.3 is 11.9 Å². The summed E-state index contributed by atoms with van der Waals surface area (Å²) >= 11 is 0. The Balaban J connectivity index is 1.20. The van der Waals surface area contributed by atoms with E-state index in [0.29, 0.717) is 42.3 Å². The van der Waals surface area contributed by atoms with Crippen LogP contribution in [0.5, 0.6) is 0 Å². The Bertz CT molecular complexity index is 3490. The molecule has 34 nitrogen and oxygen atoms in total. The summed E-state index contributed by atoms with van der Waals surface area (Å²) in [6, 6.07) is -0.0560. The fraction of sp³-hybridized carbons (Fsp3) is 0.561. The quantitative estimate of drug-likeness (QED) is 0.0146. The molecular weight excluding hydrogens is 1300 g/mol. The lowest BCUT2D eigenvalue weighted by molar-refractivity contribution is -0.403. The van der Waals surface area contributed by atoms with Gasteiger partial charge in [-0.1, -0.05) is 70.5 Å². The number of aliphatic carboxylic acids is 2. The molecular formula is C66H102N18O16+2. The van der Waals surface area contributed by atoms with Crippen molar-refractivity contribution in [3.8, 4) is 0 Å². The number of aromatic nitrogens is 2. The molecule has 2 aromatic heterocycles. The Morgan fingerprint density at radius 2 is 1.15 bits per heavy atom. The lowest BCUT2D eigenvalue weighted by Gasteiger charge is -2.31. The van der Waals surface area contributed by atoms with E-state index in [0.717, 1.165) is 21.4 Å². The summed E-state index contributed by atoms with van der Waals surface area (Å²) in [5.74, 6) is -12.8. The van der Waals surface area contributed by atoms with Crippen molar-refractivity contribution in [3.63, 3.8) is 0 Å². The van der Waals surface area contributed by atoms with Gasteiger partial charge < -0.3 is 106 Å². The number of rotatable bonds is 42. The molecule has 100 heavy (non-hydrogen) atoms. The highest BCUT2D eigenvalue weighted by molar-refractivity contribution is 6.00. The SMILES string of the molecule is CC[C@H](C)[C@H](NC(=O)[C@@H]1CCCN1C(=O)[C@H](CC(=O)O)NC(=O)[C@H](CC(C)C)NC(=O)[C@H](C)NC(=O)[C@@H]([NH3+])Cc1c[nH]c2ccccc12)C(=O)N[C@@H](C)C(=O)NCC(=O)N[C@@H](CCCC[NH3+])C(=O)N[C@@H](Cc1c[nH]c2ccccc12)C(=O)N[C@@H](CO)C(=O)N[C@@H](CCCNC(N)N)C(=O)O. The number of H-pyrrole nitrogens is 2. The summed E-state index contributed by atoms with van der Waals surface area (Å²) in [6.45, 7) is 8.69. The van der Waals surface area contributed by atoms with Gasteiger partial charge in [-0.2, -0.15) is 0 Å². The predicted octanol–water partition coefficient (Wildman–Crippen LogP) is -4.82. The van der Waals surface area contributed by atoms with Gasteiger partial charge in [0.15, 0.2) is 6.04 Å². The summed E-state index contributed by atoms with van der Waals surface area (Å²) in [7, 11) is 0. The Morgan fingerprint density at radius 3 is 1.74 bits per heavy atom. The third kappa shape index (κ3) is 24.7. The van der Waals surface area contributed by atoms with Crippen LogP contribution in [0.2, 0.25) is 0 Å². The van der Waals surface area contributed by atoms with Crippen LogP contribution in [0.4, 0.5) is 0 Å². The molecule has 0 radical (unpaired) electrons. The molecule has 26 N–H and O–H groups in total. The Kier molecular flexibility index (Phi) is 32.3. The number of aliphatic hydroxyl groups is 1. The number of carboxylic acid groups (broad SMARTS) is 2. The highest BCUT2D eigenvalue weighted by Gasteiger charge is 2.42. The molecule has 550 valence electrons. The second kappa shape index (κ2) is 39.8. The Morgan fingerprint density at radius 1 is 0.610 bits per heavy atom. The van der Waals surface area contributed by atoms with E-state index in [9.17, 15) is 77.6 Å². The topological polar surface area (TPSA) is 557 Å². The maximum atomic E-state index is 14.4. The molecule has 3 heterocycles. The number of hydrogen-bond acceptors (Lipinski definition) is 17. The number of quaternary nitrogens is 2. The van der Waals surface area contributed by atoms with E-state index in [2.05, 4.69) is 79.9 Å². The summed E-state index contributed by atoms with van der Waals surface area (Å²) < 4.78 is 0. The summed E-state index contributed by atoms with van der Waals surface area (Å²) in [5.41, 5.74) is 21.8. The normalized spacial score (nSPS) is 16.2. The lowest BCUT2D eigenvalue weighted by atomic mass is 9.97. The number of para-hydroxylation sites is 2. The number of unbranched alkanes of at least 4 members (excludes halogenated alkanes) is 1. The van der Waals surface area contributed by atoms with Crippen molar-refractivity contribution in [1.82, 2.24) is 73.4 Å². The monoisotopic (exact) mass is 1400 g/mol. The molecule has 0 unspecified atom stereocenters. The molecule has 0 aliphatic carbocycles. The predicted molar refractivity (Wildman–Crippen MR) is 364 cm³/mol. The highest BCUT2D eigenvalue weighted by atomic mass is 16.4. The number of fused-ring (bicyclic) bond motifs is 2. The van der Waals surface area contributed by atoms with Gasteiger partial charge in [0.2, 0.25) is 59.1 Å². The van der Waals surface area contributed by atoms with Crippen molar-refractivity contribution < 1.29 is 89.1 Å². The first-order valence-corrected chi connectivity index (χ1v) is 33.8. The molecule has 5 rings (SSSR count). The number of nitrogens with zero attached hydrogens (tertiary/aromatic N) is 1. The zero-order valence-corrected chi connectivity index (χ0v) is 57.5. The van der Waals surface area contributed by atoms with Gasteiger partial charge in [0.05, 0.1) is 26.1 Å². The smallest absolute Gasteiger partial charge is 0.326 e. The number of hydrogen-bond donors (Lipinski definition) is 20. The standard InChI is InChI=1S/C66H100N18O16/c1-7-35(4)54(83-62(96)51-22-15-25-84(51)64(98)49(29-53(87)88)81-59(93)47(26-34(2)3)79-56(90)37(6)75-57(91)42(68)27-38-30-72-43-18-10-8-16-40(38)43)63(97)76-36(5)55(89)74-32-52(86)77-45(20-12-13-23-67)58(92)80-48(28-39-31-73-44-19-11-9-17-41(39)44)60(94)82-50(33-85)61(95)78-46(65(99)100)21-14-24-71-66(69)70/h8-11,16-19,30-31,34-37,42,45-51,54,66,71-73,85H,7,12-15,20-29,32-33,67-70H2,1-6H3,(H,74,89)(H,75,91)(H,76,97)(H,77,86)(H,78,95)(H,79,90)(H,80,92)(H,81,93)(H,82,94)(H,83,96)(H,87,88)(H,99,100)/p+2/t35-,36-,37-,42-,45-,46-,47-,48-,49-,50-,51-,54-/m0/s1. The van der Waals surface area contributed by atoms with Crippen LogP contribution in [0, 0.1) is 11.8 Å². The van der Waals surface area contributed by atoms with Crippen molar-refractivity contribution in [1.29, 1.82) is 0 Å². The number of carboxylic acids is 2. The molecule has 11 amide bonds. The minimum atomic E-state index is -1.72. The molecule has 0 bridgehead atoms. The Labute approximate surface area is 578 Å². The largest absolute Gasteiger partial charge is 0.481 e. The Hall–Kier alpha value is -9.61. The molecule has 1 aliphatic rings. The fourth-order valence-corrected chi connectivity index (χ4v) is 11.5. The van der Waals surface area contributed by atoms with Crippen molar-refractivity contribution in [2.75, 3.05) is 32.8 Å². The fourth-order valence-electron chi connectivity index (χ4n) is 11.5. The van der Waals surface area contributed by atoms with E-state index >= 15 is 0 Å². The van der Waals surface area contributed by atoms with Gasteiger partial charge in [-0.25, -0.2) is 4.79 Å². The van der Waals surface area contributed by atoms with Crippen molar-refractivity contribution in [2.45, 2.75) is 191 Å². The van der Waals surface area contributed by atoms with Gasteiger partial charge in [0, 0.05) is 53.6 Å².